The number of carbonyl (C=O) groups is 1. The van der Waals surface area contributed by atoms with Gasteiger partial charge < -0.3 is 5.32 Å². The number of aromatic nitrogens is 1. The molecule has 1 heterocycles. The molecule has 0 aliphatic heterocycles. The molecule has 0 aliphatic rings. The second kappa shape index (κ2) is 6.85. The topological polar surface area (TPSA) is 66.4 Å². The molecule has 0 fully saturated rings. The number of aliphatic imine (C=N–C) groups is 1. The van der Waals surface area contributed by atoms with Crippen LogP contribution in [0.3, 0.4) is 0 Å². The molecule has 22 heavy (non-hydrogen) atoms. The van der Waals surface area contributed by atoms with Gasteiger partial charge >= 0.3 is 0 Å². The first-order chi connectivity index (χ1) is 10.4. The zero-order valence-corrected chi connectivity index (χ0v) is 13.0. The number of amides is 1. The Morgan fingerprint density at radius 3 is 2.32 bits per heavy atom. The molecule has 0 bridgehead atoms. The van der Waals surface area contributed by atoms with Crippen molar-refractivity contribution >= 4 is 17.7 Å². The Morgan fingerprint density at radius 2 is 1.73 bits per heavy atom. The van der Waals surface area contributed by atoms with E-state index in [-0.39, 0.29) is 11.4 Å². The van der Waals surface area contributed by atoms with Gasteiger partial charge in [-0.2, -0.15) is 0 Å². The highest BCUT2D eigenvalue weighted by Crippen LogP contribution is 2.08. The van der Waals surface area contributed by atoms with E-state index in [1.165, 1.54) is 0 Å². The molecule has 0 atom stereocenters. The van der Waals surface area contributed by atoms with E-state index in [1.54, 1.807) is 18.3 Å². The molecule has 0 saturated heterocycles. The molecule has 2 aromatic rings. The monoisotopic (exact) mass is 296 g/mol. The minimum Gasteiger partial charge on any atom is -0.311 e. The van der Waals surface area contributed by atoms with Crippen molar-refractivity contribution in [2.75, 3.05) is 5.32 Å². The predicted molar refractivity (Wildman–Crippen MR) is 89.0 cm³/mol. The van der Waals surface area contributed by atoms with Crippen LogP contribution in [-0.2, 0) is 0 Å². The number of benzene rings is 1. The Morgan fingerprint density at radius 1 is 1.05 bits per heavy atom. The Bertz CT molecular complexity index is 645. The first kappa shape index (κ1) is 15.7. The van der Waals surface area contributed by atoms with Crippen LogP contribution in [0.1, 0.15) is 31.1 Å². The molecule has 0 spiro atoms. The summed E-state index contributed by atoms with van der Waals surface area (Å²) in [6, 6.07) is 14.5. The molecule has 2 N–H and O–H groups in total. The largest absolute Gasteiger partial charge is 0.311 e. The van der Waals surface area contributed by atoms with Crippen molar-refractivity contribution in [2.24, 2.45) is 4.99 Å². The van der Waals surface area contributed by atoms with Gasteiger partial charge in [-0.25, -0.2) is 9.98 Å². The summed E-state index contributed by atoms with van der Waals surface area (Å²) in [6.45, 7) is 5.88. The summed E-state index contributed by atoms with van der Waals surface area (Å²) in [7, 11) is 0. The average Bonchev–Trinajstić information content (AvgIpc) is 2.47. The third kappa shape index (κ3) is 5.01. The smallest absolute Gasteiger partial charge is 0.257 e. The van der Waals surface area contributed by atoms with Gasteiger partial charge in [-0.1, -0.05) is 24.3 Å². The van der Waals surface area contributed by atoms with Gasteiger partial charge in [0, 0.05) is 11.8 Å². The number of nitrogens with one attached hydrogen (secondary N) is 2. The van der Waals surface area contributed by atoms with E-state index in [4.69, 9.17) is 0 Å². The summed E-state index contributed by atoms with van der Waals surface area (Å²) < 4.78 is 0. The van der Waals surface area contributed by atoms with Crippen LogP contribution in [0.5, 0.6) is 0 Å². The van der Waals surface area contributed by atoms with E-state index in [1.807, 2.05) is 57.2 Å². The Labute approximate surface area is 130 Å². The maximum Gasteiger partial charge on any atom is 0.257 e. The highest BCUT2D eigenvalue weighted by molar-refractivity contribution is 6.09. The first-order valence-corrected chi connectivity index (χ1v) is 7.08. The van der Waals surface area contributed by atoms with E-state index in [2.05, 4.69) is 20.6 Å². The maximum absolute atomic E-state index is 12.3. The van der Waals surface area contributed by atoms with E-state index >= 15 is 0 Å². The first-order valence-electron chi connectivity index (χ1n) is 7.08. The fourth-order valence-electron chi connectivity index (χ4n) is 1.75. The molecule has 1 amide bonds. The van der Waals surface area contributed by atoms with Crippen molar-refractivity contribution < 1.29 is 4.79 Å². The molecule has 5 nitrogen and oxygen atoms in total. The van der Waals surface area contributed by atoms with Crippen molar-refractivity contribution in [3.8, 4) is 0 Å². The molecule has 0 unspecified atom stereocenters. The number of carbonyl (C=O) groups excluding carboxylic acids is 1. The Balaban J connectivity index is 2.19. The van der Waals surface area contributed by atoms with Crippen molar-refractivity contribution in [1.29, 1.82) is 0 Å². The third-order valence-corrected chi connectivity index (χ3v) is 2.63. The summed E-state index contributed by atoms with van der Waals surface area (Å²) in [5.74, 6) is 0.783. The van der Waals surface area contributed by atoms with Gasteiger partial charge in [0.05, 0.1) is 5.54 Å². The quantitative estimate of drug-likeness (QED) is 0.661. The van der Waals surface area contributed by atoms with Gasteiger partial charge in [0.1, 0.15) is 5.82 Å². The summed E-state index contributed by atoms with van der Waals surface area (Å²) in [6.07, 6.45) is 1.68. The van der Waals surface area contributed by atoms with Crippen LogP contribution in [0.2, 0.25) is 0 Å². The highest BCUT2D eigenvalue weighted by Gasteiger charge is 2.14. The molecular weight excluding hydrogens is 276 g/mol. The number of rotatable bonds is 2. The molecule has 2 rings (SSSR count). The van der Waals surface area contributed by atoms with E-state index in [9.17, 15) is 4.79 Å². The van der Waals surface area contributed by atoms with Crippen LogP contribution in [0.25, 0.3) is 0 Å². The van der Waals surface area contributed by atoms with Gasteiger partial charge in [0.25, 0.3) is 5.91 Å². The van der Waals surface area contributed by atoms with Gasteiger partial charge in [0.2, 0.25) is 5.96 Å². The second-order valence-electron chi connectivity index (χ2n) is 5.79. The van der Waals surface area contributed by atoms with Crippen molar-refractivity contribution in [2.45, 2.75) is 26.3 Å². The van der Waals surface area contributed by atoms with Gasteiger partial charge in [-0.3, -0.25) is 10.1 Å². The molecule has 0 saturated carbocycles. The number of pyridine rings is 1. The maximum atomic E-state index is 12.3. The zero-order chi connectivity index (χ0) is 16.0. The zero-order valence-electron chi connectivity index (χ0n) is 13.0. The van der Waals surface area contributed by atoms with E-state index in [0.717, 1.165) is 0 Å². The molecule has 1 aromatic carbocycles. The Hall–Kier alpha value is -2.69. The lowest BCUT2D eigenvalue weighted by molar-refractivity contribution is 0.0977. The standard InChI is InChI=1S/C17H20N4O/c1-17(2,3)21-16(19-14-11-7-8-12-18-14)20-15(22)13-9-5-4-6-10-13/h4-12H,1-3H3,(H2,18,19,20,21,22). The number of anilines is 1. The lowest BCUT2D eigenvalue weighted by Gasteiger charge is -2.17. The third-order valence-electron chi connectivity index (χ3n) is 2.63. The highest BCUT2D eigenvalue weighted by atomic mass is 16.1. The molecular formula is C17H20N4O. The van der Waals surface area contributed by atoms with Gasteiger partial charge in [0.15, 0.2) is 0 Å². The van der Waals surface area contributed by atoms with E-state index in [0.29, 0.717) is 17.3 Å². The van der Waals surface area contributed by atoms with Crippen LogP contribution in [0, 0.1) is 0 Å². The minimum absolute atomic E-state index is 0.216. The lowest BCUT2D eigenvalue weighted by Crippen LogP contribution is -2.38. The summed E-state index contributed by atoms with van der Waals surface area (Å²) in [4.78, 5) is 21.0. The Kier molecular flexibility index (Phi) is 4.88. The average molecular weight is 296 g/mol. The predicted octanol–water partition coefficient (Wildman–Crippen LogP) is 3.08. The summed E-state index contributed by atoms with van der Waals surface area (Å²) in [5, 5.41) is 5.84. The molecule has 1 aromatic heterocycles. The molecule has 114 valence electrons. The fraction of sp³-hybridized carbons (Fsp3) is 0.235. The molecule has 0 aliphatic carbocycles. The normalized spacial score (nSPS) is 11.9. The summed E-state index contributed by atoms with van der Waals surface area (Å²) in [5.41, 5.74) is 0.244. The number of guanidine groups is 1. The molecule has 5 heteroatoms. The van der Waals surface area contributed by atoms with Crippen LogP contribution < -0.4 is 10.6 Å². The number of hydrogen-bond donors (Lipinski definition) is 2. The van der Waals surface area contributed by atoms with Gasteiger partial charge in [-0.05, 0) is 45.0 Å². The van der Waals surface area contributed by atoms with E-state index < -0.39 is 0 Å². The molecule has 0 radical (unpaired) electrons. The number of nitrogens with zero attached hydrogens (tertiary/aromatic N) is 2. The van der Waals surface area contributed by atoms with Crippen LogP contribution in [0.15, 0.2) is 59.7 Å². The van der Waals surface area contributed by atoms with Crippen molar-refractivity contribution in [3.63, 3.8) is 0 Å². The van der Waals surface area contributed by atoms with Crippen molar-refractivity contribution in [1.82, 2.24) is 10.3 Å². The lowest BCUT2D eigenvalue weighted by atomic mass is 10.1. The van der Waals surface area contributed by atoms with Crippen LogP contribution >= 0.6 is 0 Å². The minimum atomic E-state index is -0.332. The van der Waals surface area contributed by atoms with Crippen LogP contribution in [-0.4, -0.2) is 22.4 Å². The second-order valence-corrected chi connectivity index (χ2v) is 5.79. The number of hydrogen-bond acceptors (Lipinski definition) is 3. The van der Waals surface area contributed by atoms with Crippen LogP contribution in [0.4, 0.5) is 5.82 Å². The van der Waals surface area contributed by atoms with Gasteiger partial charge in [-0.15, -0.1) is 0 Å². The SMILES string of the molecule is CC(C)(C)N=C(NC(=O)c1ccccc1)Nc1ccccn1. The van der Waals surface area contributed by atoms with Crippen molar-refractivity contribution in [3.05, 3.63) is 60.3 Å². The summed E-state index contributed by atoms with van der Waals surface area (Å²) >= 11 is 0. The fourth-order valence-corrected chi connectivity index (χ4v) is 1.75.